The normalized spacial score (nSPS) is 18.5. The third kappa shape index (κ3) is 8.20. The average Bonchev–Trinajstić information content (AvgIpc) is 3.51. The molecule has 1 fully saturated rings. The summed E-state index contributed by atoms with van der Waals surface area (Å²) in [5.74, 6) is -3.31. The number of aliphatic imine (C=N–C) groups is 1. The Hall–Kier alpha value is -3.72. The highest BCUT2D eigenvalue weighted by atomic mass is 16.4. The number of H-pyrrole nitrogens is 1. The smallest absolute Gasteiger partial charge is 0.326 e. The molecule has 1 aromatic heterocycles. The standard InChI is InChI=1S/C21H35N9O6/c1-11(31)16(19(34)30-7-3-5-15(30)20(35)36)29-18(33)14(8-12-9-25-10-27-12)28-17(32)13(22)4-2-6-26-21(23)24/h9-11,13-16,31H,2-8,22H2,1H3,(H,25,27)(H,28,32)(H,29,33)(H,35,36)(H4,23,24,26). The van der Waals surface area contributed by atoms with Crippen molar-refractivity contribution < 1.29 is 29.4 Å². The van der Waals surface area contributed by atoms with E-state index in [-0.39, 0.29) is 38.3 Å². The summed E-state index contributed by atoms with van der Waals surface area (Å²) >= 11 is 0. The molecule has 5 unspecified atom stereocenters. The highest BCUT2D eigenvalue weighted by molar-refractivity contribution is 5.94. The molecule has 11 N–H and O–H groups in total. The second kappa shape index (κ2) is 13.4. The Balaban J connectivity index is 2.11. The van der Waals surface area contributed by atoms with Crippen LogP contribution in [0.15, 0.2) is 17.5 Å². The van der Waals surface area contributed by atoms with E-state index in [0.29, 0.717) is 18.5 Å². The molecule has 2 heterocycles. The summed E-state index contributed by atoms with van der Waals surface area (Å²) in [4.78, 5) is 62.1. The van der Waals surface area contributed by atoms with Crippen molar-refractivity contribution in [3.63, 3.8) is 0 Å². The predicted molar refractivity (Wildman–Crippen MR) is 128 cm³/mol. The van der Waals surface area contributed by atoms with E-state index in [0.717, 1.165) is 4.90 Å². The molecule has 1 saturated heterocycles. The van der Waals surface area contributed by atoms with Crippen molar-refractivity contribution >= 4 is 29.7 Å². The maximum Gasteiger partial charge on any atom is 0.326 e. The fourth-order valence-electron chi connectivity index (χ4n) is 3.86. The van der Waals surface area contributed by atoms with Crippen molar-refractivity contribution in [2.24, 2.45) is 22.2 Å². The molecule has 3 amide bonds. The number of aromatic nitrogens is 2. The number of aliphatic hydroxyl groups excluding tert-OH is 1. The van der Waals surface area contributed by atoms with Crippen molar-refractivity contribution in [1.82, 2.24) is 25.5 Å². The van der Waals surface area contributed by atoms with Crippen LogP contribution < -0.4 is 27.8 Å². The van der Waals surface area contributed by atoms with Crippen LogP contribution in [0, 0.1) is 0 Å². The monoisotopic (exact) mass is 509 g/mol. The fourth-order valence-corrected chi connectivity index (χ4v) is 3.86. The number of hydrogen-bond donors (Lipinski definition) is 8. The number of carboxylic acid groups (broad SMARTS) is 1. The number of guanidine groups is 1. The SMILES string of the molecule is CC(O)C(NC(=O)C(Cc1cnc[nH]1)NC(=O)C(N)CCCN=C(N)N)C(=O)N1CCCC1C(=O)O. The predicted octanol–water partition coefficient (Wildman–Crippen LogP) is -3.24. The second-order valence-corrected chi connectivity index (χ2v) is 8.65. The van der Waals surface area contributed by atoms with E-state index in [2.05, 4.69) is 25.6 Å². The number of carboxylic acids is 1. The van der Waals surface area contributed by atoms with Gasteiger partial charge in [0, 0.05) is 31.4 Å². The molecule has 1 aliphatic heterocycles. The van der Waals surface area contributed by atoms with Gasteiger partial charge in [-0.2, -0.15) is 0 Å². The van der Waals surface area contributed by atoms with Crippen molar-refractivity contribution in [2.75, 3.05) is 13.1 Å². The number of amides is 3. The molecule has 15 nitrogen and oxygen atoms in total. The van der Waals surface area contributed by atoms with Crippen molar-refractivity contribution in [3.05, 3.63) is 18.2 Å². The van der Waals surface area contributed by atoms with Crippen LogP contribution in [-0.4, -0.2) is 98.1 Å². The molecule has 200 valence electrons. The maximum atomic E-state index is 13.2. The van der Waals surface area contributed by atoms with E-state index in [4.69, 9.17) is 17.2 Å². The highest BCUT2D eigenvalue weighted by Gasteiger charge is 2.40. The maximum absolute atomic E-state index is 13.2. The van der Waals surface area contributed by atoms with Crippen LogP contribution in [0.25, 0.3) is 0 Å². The van der Waals surface area contributed by atoms with Gasteiger partial charge in [0.15, 0.2) is 5.96 Å². The number of nitrogens with two attached hydrogens (primary N) is 3. The van der Waals surface area contributed by atoms with E-state index < -0.39 is 54.0 Å². The zero-order valence-corrected chi connectivity index (χ0v) is 20.1. The molecule has 2 rings (SSSR count). The summed E-state index contributed by atoms with van der Waals surface area (Å²) in [6, 6.07) is -4.56. The van der Waals surface area contributed by atoms with Gasteiger partial charge >= 0.3 is 5.97 Å². The molecule has 5 atom stereocenters. The molecular formula is C21H35N9O6. The van der Waals surface area contributed by atoms with Crippen molar-refractivity contribution in [3.8, 4) is 0 Å². The fraction of sp³-hybridized carbons (Fsp3) is 0.619. The number of aliphatic carboxylic acids is 1. The van der Waals surface area contributed by atoms with Gasteiger partial charge in [0.2, 0.25) is 17.7 Å². The summed E-state index contributed by atoms with van der Waals surface area (Å²) < 4.78 is 0. The molecule has 36 heavy (non-hydrogen) atoms. The van der Waals surface area contributed by atoms with Gasteiger partial charge in [-0.25, -0.2) is 9.78 Å². The van der Waals surface area contributed by atoms with E-state index in [9.17, 15) is 29.4 Å². The van der Waals surface area contributed by atoms with Gasteiger partial charge in [-0.15, -0.1) is 0 Å². The number of hydrogen-bond acceptors (Lipinski definition) is 8. The van der Waals surface area contributed by atoms with E-state index in [1.807, 2.05) is 0 Å². The van der Waals surface area contributed by atoms with Crippen LogP contribution in [-0.2, 0) is 25.6 Å². The number of aliphatic hydroxyl groups is 1. The molecule has 1 aliphatic rings. The topological polar surface area (TPSA) is 255 Å². The molecule has 0 aliphatic carbocycles. The Morgan fingerprint density at radius 1 is 1.28 bits per heavy atom. The van der Waals surface area contributed by atoms with Gasteiger partial charge in [-0.1, -0.05) is 0 Å². The molecule has 0 radical (unpaired) electrons. The third-order valence-corrected chi connectivity index (χ3v) is 5.78. The largest absolute Gasteiger partial charge is 0.480 e. The van der Waals surface area contributed by atoms with Crippen LogP contribution in [0.5, 0.6) is 0 Å². The summed E-state index contributed by atoms with van der Waals surface area (Å²) in [6.45, 7) is 1.79. The van der Waals surface area contributed by atoms with Crippen LogP contribution in [0.4, 0.5) is 0 Å². The van der Waals surface area contributed by atoms with Gasteiger partial charge in [-0.05, 0) is 32.6 Å². The average molecular weight is 510 g/mol. The summed E-state index contributed by atoms with van der Waals surface area (Å²) in [6.07, 6.45) is 3.01. The minimum Gasteiger partial charge on any atom is -0.480 e. The lowest BCUT2D eigenvalue weighted by molar-refractivity contribution is -0.150. The lowest BCUT2D eigenvalue weighted by Gasteiger charge is -2.30. The first-order valence-electron chi connectivity index (χ1n) is 11.6. The summed E-state index contributed by atoms with van der Waals surface area (Å²) in [5.41, 5.74) is 17.0. The summed E-state index contributed by atoms with van der Waals surface area (Å²) in [5, 5.41) is 24.7. The summed E-state index contributed by atoms with van der Waals surface area (Å²) in [7, 11) is 0. The van der Waals surface area contributed by atoms with Crippen molar-refractivity contribution in [2.45, 2.75) is 69.3 Å². The Kier molecular flexibility index (Phi) is 10.6. The highest BCUT2D eigenvalue weighted by Crippen LogP contribution is 2.19. The second-order valence-electron chi connectivity index (χ2n) is 8.65. The van der Waals surface area contributed by atoms with E-state index in [1.165, 1.54) is 19.4 Å². The van der Waals surface area contributed by atoms with Gasteiger partial charge in [0.05, 0.1) is 18.5 Å². The van der Waals surface area contributed by atoms with Crippen LogP contribution in [0.1, 0.15) is 38.3 Å². The lowest BCUT2D eigenvalue weighted by atomic mass is 10.1. The van der Waals surface area contributed by atoms with Crippen LogP contribution in [0.2, 0.25) is 0 Å². The number of aromatic amines is 1. The van der Waals surface area contributed by atoms with E-state index >= 15 is 0 Å². The molecule has 0 aromatic carbocycles. The minimum absolute atomic E-state index is 0.000475. The van der Waals surface area contributed by atoms with Gasteiger partial charge in [0.1, 0.15) is 18.1 Å². The lowest BCUT2D eigenvalue weighted by Crippen LogP contribution is -2.60. The quantitative estimate of drug-likeness (QED) is 0.0748. The molecule has 1 aromatic rings. The van der Waals surface area contributed by atoms with Gasteiger partial charge in [-0.3, -0.25) is 19.4 Å². The van der Waals surface area contributed by atoms with Crippen LogP contribution in [0.3, 0.4) is 0 Å². The Morgan fingerprint density at radius 2 is 2.00 bits per heavy atom. The zero-order chi connectivity index (χ0) is 26.8. The van der Waals surface area contributed by atoms with Crippen LogP contribution >= 0.6 is 0 Å². The molecule has 0 bridgehead atoms. The number of carbonyl (C=O) groups excluding carboxylic acids is 3. The van der Waals surface area contributed by atoms with Crippen molar-refractivity contribution in [1.29, 1.82) is 0 Å². The number of imidazole rings is 1. The number of likely N-dealkylation sites (tertiary alicyclic amines) is 1. The number of rotatable bonds is 13. The Morgan fingerprint density at radius 3 is 2.58 bits per heavy atom. The molecule has 0 spiro atoms. The Labute approximate surface area is 207 Å². The van der Waals surface area contributed by atoms with Gasteiger partial charge < -0.3 is 47.9 Å². The number of nitrogens with zero attached hydrogens (tertiary/aromatic N) is 3. The third-order valence-electron chi connectivity index (χ3n) is 5.78. The number of nitrogens with one attached hydrogen (secondary N) is 3. The molecular weight excluding hydrogens is 474 g/mol. The zero-order valence-electron chi connectivity index (χ0n) is 20.1. The first-order valence-corrected chi connectivity index (χ1v) is 11.6. The minimum atomic E-state index is -1.41. The van der Waals surface area contributed by atoms with E-state index in [1.54, 1.807) is 0 Å². The molecule has 15 heteroatoms. The first-order chi connectivity index (χ1) is 17.0. The Bertz CT molecular complexity index is 932. The number of carbonyl (C=O) groups is 4. The van der Waals surface area contributed by atoms with Gasteiger partial charge in [0.25, 0.3) is 0 Å². The first kappa shape index (κ1) is 28.5. The molecule has 0 saturated carbocycles.